The molecule has 0 saturated carbocycles. The van der Waals surface area contributed by atoms with Gasteiger partial charge in [-0.25, -0.2) is 9.37 Å². The molecule has 1 saturated heterocycles. The molecule has 35 heavy (non-hydrogen) atoms. The summed E-state index contributed by atoms with van der Waals surface area (Å²) >= 11 is 0. The lowest BCUT2D eigenvalue weighted by molar-refractivity contribution is 0.395. The van der Waals surface area contributed by atoms with Crippen molar-refractivity contribution in [3.63, 3.8) is 0 Å². The van der Waals surface area contributed by atoms with E-state index in [0.29, 0.717) is 23.0 Å². The number of anilines is 4. The summed E-state index contributed by atoms with van der Waals surface area (Å²) in [6.45, 7) is 5.19. The lowest BCUT2D eigenvalue weighted by Crippen LogP contribution is -2.47. The molecule has 0 bridgehead atoms. The predicted molar refractivity (Wildman–Crippen MR) is 136 cm³/mol. The van der Waals surface area contributed by atoms with E-state index in [-0.39, 0.29) is 5.82 Å². The fraction of sp³-hybridized carbons (Fsp3) is 0.269. The van der Waals surface area contributed by atoms with Gasteiger partial charge in [0.05, 0.1) is 19.7 Å². The number of halogens is 1. The molecule has 0 unspecified atom stereocenters. The van der Waals surface area contributed by atoms with Crippen molar-refractivity contribution in [1.82, 2.24) is 15.0 Å². The van der Waals surface area contributed by atoms with Crippen molar-refractivity contribution < 1.29 is 13.9 Å². The number of rotatable bonds is 6. The number of hydrogen-bond acceptors (Lipinski definition) is 8. The van der Waals surface area contributed by atoms with Crippen LogP contribution in [0, 0.1) is 12.7 Å². The summed E-state index contributed by atoms with van der Waals surface area (Å²) in [5.74, 6) is 2.48. The van der Waals surface area contributed by atoms with Gasteiger partial charge in [-0.15, -0.1) is 0 Å². The van der Waals surface area contributed by atoms with E-state index in [0.717, 1.165) is 54.5 Å². The SMILES string of the molecule is COc1cc(Nc2nc(C)cc(N3CCN(c4ccnc5cc(F)ccc45)CC3)n2)cc(OC)c1. The minimum atomic E-state index is -0.275. The summed E-state index contributed by atoms with van der Waals surface area (Å²) in [4.78, 5) is 18.2. The van der Waals surface area contributed by atoms with E-state index >= 15 is 0 Å². The van der Waals surface area contributed by atoms with Crippen LogP contribution in [0.5, 0.6) is 11.5 Å². The van der Waals surface area contributed by atoms with Crippen molar-refractivity contribution in [1.29, 1.82) is 0 Å². The van der Waals surface area contributed by atoms with E-state index in [9.17, 15) is 4.39 Å². The Morgan fingerprint density at radius 3 is 2.29 bits per heavy atom. The van der Waals surface area contributed by atoms with Crippen LogP contribution in [-0.2, 0) is 0 Å². The van der Waals surface area contributed by atoms with E-state index in [1.807, 2.05) is 37.3 Å². The molecule has 0 amide bonds. The van der Waals surface area contributed by atoms with Gasteiger partial charge >= 0.3 is 0 Å². The van der Waals surface area contributed by atoms with Crippen molar-refractivity contribution in [2.75, 3.05) is 55.5 Å². The van der Waals surface area contributed by atoms with E-state index in [1.54, 1.807) is 26.5 Å². The zero-order valence-corrected chi connectivity index (χ0v) is 20.0. The van der Waals surface area contributed by atoms with Gasteiger partial charge in [0.1, 0.15) is 23.1 Å². The first-order valence-electron chi connectivity index (χ1n) is 11.4. The van der Waals surface area contributed by atoms with Crippen LogP contribution in [-0.4, -0.2) is 55.4 Å². The molecule has 180 valence electrons. The summed E-state index contributed by atoms with van der Waals surface area (Å²) in [7, 11) is 3.24. The average molecular weight is 475 g/mol. The van der Waals surface area contributed by atoms with E-state index in [1.165, 1.54) is 12.1 Å². The molecule has 1 fully saturated rings. The molecular formula is C26H27FN6O2. The third-order valence-electron chi connectivity index (χ3n) is 6.07. The Balaban J connectivity index is 1.33. The second-order valence-electron chi connectivity index (χ2n) is 8.38. The standard InChI is InChI=1S/C26H27FN6O2/c1-17-12-25(31-26(29-17)30-19-14-20(34-2)16-21(15-19)35-3)33-10-8-32(9-11-33)24-6-7-28-23-13-18(27)4-5-22(23)24/h4-7,12-16H,8-11H2,1-3H3,(H,29,30,31). The first kappa shape index (κ1) is 22.6. The van der Waals surface area contributed by atoms with Gasteiger partial charge in [-0.1, -0.05) is 0 Å². The van der Waals surface area contributed by atoms with Crippen LogP contribution in [0.3, 0.4) is 0 Å². The zero-order valence-electron chi connectivity index (χ0n) is 20.0. The molecule has 3 heterocycles. The number of methoxy groups -OCH3 is 2. The number of ether oxygens (including phenoxy) is 2. The highest BCUT2D eigenvalue weighted by molar-refractivity contribution is 5.91. The average Bonchev–Trinajstić information content (AvgIpc) is 2.87. The molecule has 2 aromatic carbocycles. The Labute approximate surface area is 203 Å². The van der Waals surface area contributed by atoms with Crippen LogP contribution in [0.2, 0.25) is 0 Å². The maximum atomic E-state index is 13.6. The molecule has 1 aliphatic rings. The van der Waals surface area contributed by atoms with E-state index in [2.05, 4.69) is 25.1 Å². The third kappa shape index (κ3) is 4.89. The van der Waals surface area contributed by atoms with Crippen molar-refractivity contribution in [3.05, 3.63) is 66.2 Å². The van der Waals surface area contributed by atoms with Gasteiger partial charge in [-0.05, 0) is 25.1 Å². The number of aryl methyl sites for hydroxylation is 1. The highest BCUT2D eigenvalue weighted by atomic mass is 19.1. The van der Waals surface area contributed by atoms with Crippen molar-refractivity contribution in [2.45, 2.75) is 6.92 Å². The lowest BCUT2D eigenvalue weighted by Gasteiger charge is -2.37. The lowest BCUT2D eigenvalue weighted by atomic mass is 10.1. The van der Waals surface area contributed by atoms with Gasteiger partial charge in [-0.3, -0.25) is 4.98 Å². The second kappa shape index (κ2) is 9.61. The monoisotopic (exact) mass is 474 g/mol. The van der Waals surface area contributed by atoms with Gasteiger partial charge in [0.25, 0.3) is 0 Å². The highest BCUT2D eigenvalue weighted by Gasteiger charge is 2.21. The first-order chi connectivity index (χ1) is 17.0. The largest absolute Gasteiger partial charge is 0.497 e. The molecular weight excluding hydrogens is 447 g/mol. The van der Waals surface area contributed by atoms with Crippen LogP contribution >= 0.6 is 0 Å². The van der Waals surface area contributed by atoms with Crippen LogP contribution in [0.15, 0.2) is 54.7 Å². The van der Waals surface area contributed by atoms with Crippen LogP contribution in [0.25, 0.3) is 10.9 Å². The molecule has 4 aromatic rings. The Morgan fingerprint density at radius 1 is 0.857 bits per heavy atom. The number of hydrogen-bond donors (Lipinski definition) is 1. The Hall–Kier alpha value is -4.14. The zero-order chi connectivity index (χ0) is 24.4. The number of piperazine rings is 1. The smallest absolute Gasteiger partial charge is 0.229 e. The number of fused-ring (bicyclic) bond motifs is 1. The first-order valence-corrected chi connectivity index (χ1v) is 11.4. The summed E-state index contributed by atoms with van der Waals surface area (Å²) < 4.78 is 24.4. The van der Waals surface area contributed by atoms with Crippen LogP contribution < -0.4 is 24.6 Å². The minimum Gasteiger partial charge on any atom is -0.497 e. The van der Waals surface area contributed by atoms with Crippen LogP contribution in [0.1, 0.15) is 5.69 Å². The third-order valence-corrected chi connectivity index (χ3v) is 6.07. The summed E-state index contributed by atoms with van der Waals surface area (Å²) in [6, 6.07) is 14.3. The minimum absolute atomic E-state index is 0.275. The summed E-state index contributed by atoms with van der Waals surface area (Å²) in [5.41, 5.74) is 3.39. The number of pyridine rings is 1. The number of aromatic nitrogens is 3. The summed E-state index contributed by atoms with van der Waals surface area (Å²) in [6.07, 6.45) is 1.74. The van der Waals surface area contributed by atoms with Crippen molar-refractivity contribution in [3.8, 4) is 11.5 Å². The molecule has 0 radical (unpaired) electrons. The van der Waals surface area contributed by atoms with Gasteiger partial charge in [0.15, 0.2) is 0 Å². The molecule has 1 N–H and O–H groups in total. The molecule has 1 aliphatic heterocycles. The predicted octanol–water partition coefficient (Wildman–Crippen LogP) is 4.56. The highest BCUT2D eigenvalue weighted by Crippen LogP contribution is 2.29. The maximum absolute atomic E-state index is 13.6. The molecule has 2 aromatic heterocycles. The maximum Gasteiger partial charge on any atom is 0.229 e. The Bertz CT molecular complexity index is 1340. The fourth-order valence-corrected chi connectivity index (χ4v) is 4.34. The van der Waals surface area contributed by atoms with Crippen molar-refractivity contribution >= 4 is 34.0 Å². The van der Waals surface area contributed by atoms with Crippen LogP contribution in [0.4, 0.5) is 27.5 Å². The van der Waals surface area contributed by atoms with Gasteiger partial charge < -0.3 is 24.6 Å². The summed E-state index contributed by atoms with van der Waals surface area (Å²) in [5, 5.41) is 4.23. The molecule has 9 heteroatoms. The molecule has 8 nitrogen and oxygen atoms in total. The number of nitrogens with zero attached hydrogens (tertiary/aromatic N) is 5. The molecule has 0 spiro atoms. The topological polar surface area (TPSA) is 75.6 Å². The fourth-order valence-electron chi connectivity index (χ4n) is 4.34. The van der Waals surface area contributed by atoms with Gasteiger partial charge in [-0.2, -0.15) is 4.98 Å². The van der Waals surface area contributed by atoms with Crippen molar-refractivity contribution in [2.24, 2.45) is 0 Å². The Kier molecular flexibility index (Phi) is 6.22. The van der Waals surface area contributed by atoms with Gasteiger partial charge in [0, 0.05) is 85.2 Å². The molecule has 0 atom stereocenters. The van der Waals surface area contributed by atoms with E-state index in [4.69, 9.17) is 14.5 Å². The Morgan fingerprint density at radius 2 is 1.57 bits per heavy atom. The number of nitrogens with one attached hydrogen (secondary N) is 1. The van der Waals surface area contributed by atoms with Gasteiger partial charge in [0.2, 0.25) is 5.95 Å². The quantitative estimate of drug-likeness (QED) is 0.436. The molecule has 5 rings (SSSR count). The second-order valence-corrected chi connectivity index (χ2v) is 8.38. The number of benzene rings is 2. The normalized spacial score (nSPS) is 13.7. The van der Waals surface area contributed by atoms with E-state index < -0.39 is 0 Å². The molecule has 0 aliphatic carbocycles.